The van der Waals surface area contributed by atoms with Gasteiger partial charge >= 0.3 is 0 Å². The first-order chi connectivity index (χ1) is 6.31. The maximum atomic E-state index is 10.9. The van der Waals surface area contributed by atoms with Gasteiger partial charge in [0.05, 0.1) is 0 Å². The molecule has 0 aromatic rings. The van der Waals surface area contributed by atoms with Gasteiger partial charge in [-0.3, -0.25) is 4.79 Å². The summed E-state index contributed by atoms with van der Waals surface area (Å²) in [6.45, 7) is 0.951. The molecule has 0 radical (unpaired) electrons. The number of hydrogen-bond acceptors (Lipinski definition) is 3. The molecular weight excluding hydrogens is 172 g/mol. The Kier molecular flexibility index (Phi) is 7.98. The van der Waals surface area contributed by atoms with Gasteiger partial charge in [-0.05, 0) is 18.4 Å². The van der Waals surface area contributed by atoms with Crippen LogP contribution in [0.3, 0.4) is 0 Å². The Morgan fingerprint density at radius 2 is 2.31 bits per heavy atom. The molecule has 74 valence electrons. The first kappa shape index (κ1) is 11.7. The Hall–Kier alpha value is -1.26. The minimum atomic E-state index is -0.0741. The molecule has 1 amide bonds. The highest BCUT2D eigenvalue weighted by Crippen LogP contribution is 1.87. The summed E-state index contributed by atoms with van der Waals surface area (Å²) in [4.78, 5) is 13.5. The molecule has 0 aliphatic heterocycles. The van der Waals surface area contributed by atoms with Gasteiger partial charge < -0.3 is 10.4 Å². The summed E-state index contributed by atoms with van der Waals surface area (Å²) < 4.78 is 0. The normalized spacial score (nSPS) is 9.00. The maximum absolute atomic E-state index is 10.9. The zero-order valence-electron chi connectivity index (χ0n) is 7.44. The number of aliphatic hydroxyl groups excluding tert-OH is 1. The molecule has 0 aliphatic rings. The van der Waals surface area contributed by atoms with Crippen LogP contribution in [0.1, 0.15) is 19.3 Å². The van der Waals surface area contributed by atoms with Gasteiger partial charge in [-0.25, -0.2) is 0 Å². The van der Waals surface area contributed by atoms with Crippen molar-refractivity contribution in [2.45, 2.75) is 19.3 Å². The van der Waals surface area contributed by atoms with Crippen molar-refractivity contribution in [2.75, 3.05) is 19.7 Å². The van der Waals surface area contributed by atoms with E-state index in [0.717, 1.165) is 0 Å². The van der Waals surface area contributed by atoms with E-state index in [1.807, 2.05) is 0 Å². The fourth-order valence-electron chi connectivity index (χ4n) is 0.750. The van der Waals surface area contributed by atoms with Crippen LogP contribution in [0.5, 0.6) is 0 Å². The van der Waals surface area contributed by atoms with Crippen molar-refractivity contribution >= 4 is 5.91 Å². The zero-order chi connectivity index (χ0) is 9.94. The van der Waals surface area contributed by atoms with E-state index in [-0.39, 0.29) is 12.5 Å². The van der Waals surface area contributed by atoms with Gasteiger partial charge in [0.25, 0.3) is 0 Å². The molecule has 0 saturated carbocycles. The third-order valence-corrected chi connectivity index (χ3v) is 1.38. The van der Waals surface area contributed by atoms with Crippen LogP contribution in [0.25, 0.3) is 10.4 Å². The summed E-state index contributed by atoms with van der Waals surface area (Å²) in [6.07, 6.45) is 1.48. The number of nitrogens with one attached hydrogen (secondary N) is 1. The van der Waals surface area contributed by atoms with Crippen LogP contribution in [0.15, 0.2) is 5.11 Å². The van der Waals surface area contributed by atoms with Crippen LogP contribution in [0.2, 0.25) is 0 Å². The number of amides is 1. The van der Waals surface area contributed by atoms with E-state index in [1.54, 1.807) is 0 Å². The number of carbonyl (C=O) groups excluding carboxylic acids is 1. The highest BCUT2D eigenvalue weighted by atomic mass is 16.3. The average molecular weight is 186 g/mol. The quantitative estimate of drug-likeness (QED) is 0.263. The molecule has 0 spiro atoms. The molecule has 0 atom stereocenters. The van der Waals surface area contributed by atoms with Crippen molar-refractivity contribution in [3.8, 4) is 0 Å². The second-order valence-electron chi connectivity index (χ2n) is 2.49. The Bertz CT molecular complexity index is 189. The van der Waals surface area contributed by atoms with Gasteiger partial charge in [0.1, 0.15) is 0 Å². The molecule has 0 bridgehead atoms. The lowest BCUT2D eigenvalue weighted by atomic mass is 10.3. The van der Waals surface area contributed by atoms with Crippen molar-refractivity contribution in [1.82, 2.24) is 5.32 Å². The molecule has 2 N–H and O–H groups in total. The van der Waals surface area contributed by atoms with Crippen LogP contribution in [0.4, 0.5) is 0 Å². The Balaban J connectivity index is 3.21. The summed E-state index contributed by atoms with van der Waals surface area (Å²) in [7, 11) is 0. The average Bonchev–Trinajstić information content (AvgIpc) is 2.14. The standard InChI is InChI=1S/C7H14N4O2/c8-11-10-5-2-4-9-7(13)3-1-6-12/h12H,1-6H2,(H,9,13). The Morgan fingerprint density at radius 3 is 2.92 bits per heavy atom. The van der Waals surface area contributed by atoms with Crippen molar-refractivity contribution < 1.29 is 9.90 Å². The lowest BCUT2D eigenvalue weighted by molar-refractivity contribution is -0.121. The van der Waals surface area contributed by atoms with Gasteiger partial charge in [-0.15, -0.1) is 0 Å². The predicted octanol–water partition coefficient (Wildman–Crippen LogP) is 0.575. The van der Waals surface area contributed by atoms with Crippen LogP contribution in [0, 0.1) is 0 Å². The fraction of sp³-hybridized carbons (Fsp3) is 0.857. The summed E-state index contributed by atoms with van der Waals surface area (Å²) in [6, 6.07) is 0. The maximum Gasteiger partial charge on any atom is 0.220 e. The molecular formula is C7H14N4O2. The molecule has 6 heteroatoms. The highest BCUT2D eigenvalue weighted by molar-refractivity contribution is 5.75. The molecule has 0 aromatic carbocycles. The summed E-state index contributed by atoms with van der Waals surface area (Å²) >= 11 is 0. The molecule has 6 nitrogen and oxygen atoms in total. The number of hydrogen-bond donors (Lipinski definition) is 2. The van der Waals surface area contributed by atoms with E-state index in [4.69, 9.17) is 10.6 Å². The van der Waals surface area contributed by atoms with Gasteiger partial charge in [-0.1, -0.05) is 5.11 Å². The first-order valence-corrected chi connectivity index (χ1v) is 4.19. The molecule has 0 aromatic heterocycles. The van der Waals surface area contributed by atoms with Gasteiger partial charge in [0.15, 0.2) is 0 Å². The Morgan fingerprint density at radius 1 is 1.54 bits per heavy atom. The largest absolute Gasteiger partial charge is 0.396 e. The molecule has 0 heterocycles. The van der Waals surface area contributed by atoms with Crippen LogP contribution in [-0.4, -0.2) is 30.7 Å². The summed E-state index contributed by atoms with van der Waals surface area (Å²) in [5.74, 6) is -0.0741. The monoisotopic (exact) mass is 186 g/mol. The van der Waals surface area contributed by atoms with Crippen molar-refractivity contribution in [3.63, 3.8) is 0 Å². The molecule has 0 saturated heterocycles. The topological polar surface area (TPSA) is 98.1 Å². The van der Waals surface area contributed by atoms with Crippen LogP contribution < -0.4 is 5.32 Å². The number of nitrogens with zero attached hydrogens (tertiary/aromatic N) is 3. The van der Waals surface area contributed by atoms with Gasteiger partial charge in [0.2, 0.25) is 5.91 Å². The third kappa shape index (κ3) is 8.65. The number of aliphatic hydroxyl groups is 1. The third-order valence-electron chi connectivity index (χ3n) is 1.38. The number of rotatable bonds is 7. The van der Waals surface area contributed by atoms with E-state index < -0.39 is 0 Å². The predicted molar refractivity (Wildman–Crippen MR) is 48.0 cm³/mol. The van der Waals surface area contributed by atoms with Crippen molar-refractivity contribution in [3.05, 3.63) is 10.4 Å². The fourth-order valence-corrected chi connectivity index (χ4v) is 0.750. The second-order valence-corrected chi connectivity index (χ2v) is 2.49. The highest BCUT2D eigenvalue weighted by Gasteiger charge is 1.97. The lowest BCUT2D eigenvalue weighted by Crippen LogP contribution is -2.24. The van der Waals surface area contributed by atoms with E-state index in [1.165, 1.54) is 0 Å². The van der Waals surface area contributed by atoms with E-state index in [9.17, 15) is 4.79 Å². The number of carbonyl (C=O) groups is 1. The summed E-state index contributed by atoms with van der Waals surface area (Å²) in [5.41, 5.74) is 7.93. The molecule has 13 heavy (non-hydrogen) atoms. The van der Waals surface area contributed by atoms with Gasteiger partial charge in [-0.2, -0.15) is 0 Å². The molecule has 0 unspecified atom stereocenters. The second kappa shape index (κ2) is 8.83. The lowest BCUT2D eigenvalue weighted by Gasteiger charge is -2.01. The van der Waals surface area contributed by atoms with E-state index in [0.29, 0.717) is 32.4 Å². The molecule has 0 fully saturated rings. The molecule has 0 rings (SSSR count). The van der Waals surface area contributed by atoms with E-state index in [2.05, 4.69) is 15.3 Å². The zero-order valence-corrected chi connectivity index (χ0v) is 7.44. The first-order valence-electron chi connectivity index (χ1n) is 4.19. The minimum absolute atomic E-state index is 0.0339. The van der Waals surface area contributed by atoms with Crippen LogP contribution >= 0.6 is 0 Å². The summed E-state index contributed by atoms with van der Waals surface area (Å²) in [5, 5.41) is 14.4. The van der Waals surface area contributed by atoms with Gasteiger partial charge in [0, 0.05) is 31.0 Å². The van der Waals surface area contributed by atoms with Crippen LogP contribution in [-0.2, 0) is 4.79 Å². The smallest absolute Gasteiger partial charge is 0.220 e. The minimum Gasteiger partial charge on any atom is -0.396 e. The van der Waals surface area contributed by atoms with Crippen molar-refractivity contribution in [2.24, 2.45) is 5.11 Å². The molecule has 0 aliphatic carbocycles. The van der Waals surface area contributed by atoms with Crippen molar-refractivity contribution in [1.29, 1.82) is 0 Å². The number of azide groups is 1. The SMILES string of the molecule is [N-]=[N+]=NCCCNC(=O)CCCO. The van der Waals surface area contributed by atoms with E-state index >= 15 is 0 Å². The Labute approximate surface area is 76.6 Å².